The Morgan fingerprint density at radius 3 is 3.18 bits per heavy atom. The molecule has 1 aliphatic rings. The molecule has 0 radical (unpaired) electrons. The van der Waals surface area contributed by atoms with E-state index in [4.69, 9.17) is 16.0 Å². The van der Waals surface area contributed by atoms with E-state index < -0.39 is 0 Å². The third-order valence-corrected chi connectivity index (χ3v) is 3.91. The summed E-state index contributed by atoms with van der Waals surface area (Å²) >= 11 is 5.89. The number of amides is 1. The van der Waals surface area contributed by atoms with E-state index in [0.29, 0.717) is 29.3 Å². The Morgan fingerprint density at radius 2 is 2.32 bits per heavy atom. The Bertz CT molecular complexity index is 871. The van der Waals surface area contributed by atoms with Crippen LogP contribution >= 0.6 is 11.6 Å². The van der Waals surface area contributed by atoms with Crippen molar-refractivity contribution in [1.29, 1.82) is 0 Å². The third-order valence-electron chi connectivity index (χ3n) is 3.72. The number of rotatable bonds is 1. The molecule has 0 spiro atoms. The maximum atomic E-state index is 12.7. The second-order valence-corrected chi connectivity index (χ2v) is 5.47. The molecule has 3 aromatic heterocycles. The van der Waals surface area contributed by atoms with E-state index in [0.717, 1.165) is 11.4 Å². The lowest BCUT2D eigenvalue weighted by molar-refractivity contribution is 0.0728. The molecule has 112 valence electrons. The Labute approximate surface area is 130 Å². The lowest BCUT2D eigenvalue weighted by Gasteiger charge is -2.35. The first-order chi connectivity index (χ1) is 10.6. The number of anilines is 1. The van der Waals surface area contributed by atoms with Crippen LogP contribution in [0.3, 0.4) is 0 Å². The third kappa shape index (κ3) is 1.93. The normalized spacial score (nSPS) is 14.5. The predicted molar refractivity (Wildman–Crippen MR) is 79.8 cm³/mol. The first kappa shape index (κ1) is 13.1. The molecule has 0 saturated heterocycles. The number of furan rings is 1. The van der Waals surface area contributed by atoms with E-state index in [9.17, 15) is 4.79 Å². The molecule has 0 unspecified atom stereocenters. The van der Waals surface area contributed by atoms with Crippen LogP contribution in [0.1, 0.15) is 16.2 Å². The molecule has 0 fully saturated rings. The van der Waals surface area contributed by atoms with Crippen molar-refractivity contribution in [2.75, 3.05) is 18.6 Å². The van der Waals surface area contributed by atoms with Gasteiger partial charge >= 0.3 is 0 Å². The van der Waals surface area contributed by atoms with Crippen molar-refractivity contribution in [2.24, 2.45) is 0 Å². The number of carbonyl (C=O) groups excluding carboxylic acids is 1. The van der Waals surface area contributed by atoms with Gasteiger partial charge in [0.15, 0.2) is 11.3 Å². The number of carbonyl (C=O) groups is 1. The van der Waals surface area contributed by atoms with Gasteiger partial charge in [-0.15, -0.1) is 0 Å². The number of hydrogen-bond acceptors (Lipinski definition) is 5. The van der Waals surface area contributed by atoms with E-state index in [-0.39, 0.29) is 5.91 Å². The molecular weight excluding hydrogens is 306 g/mol. The molecule has 4 heterocycles. The monoisotopic (exact) mass is 317 g/mol. The Hall–Kier alpha value is -2.54. The molecular formula is C14H12ClN5O2. The number of nitrogens with zero attached hydrogens (tertiary/aromatic N) is 5. The molecule has 7 nitrogen and oxygen atoms in total. The summed E-state index contributed by atoms with van der Waals surface area (Å²) in [5.41, 5.74) is 1.80. The van der Waals surface area contributed by atoms with Crippen molar-refractivity contribution in [1.82, 2.24) is 19.6 Å². The molecule has 3 aromatic rings. The average Bonchev–Trinajstić information content (AvgIpc) is 3.12. The minimum Gasteiger partial charge on any atom is -0.467 e. The number of halogens is 1. The molecule has 1 amide bonds. The summed E-state index contributed by atoms with van der Waals surface area (Å²) in [5, 5.41) is 8.15. The van der Waals surface area contributed by atoms with Crippen LogP contribution in [-0.4, -0.2) is 39.1 Å². The second kappa shape index (κ2) is 4.74. The second-order valence-electron chi connectivity index (χ2n) is 5.04. The van der Waals surface area contributed by atoms with Crippen LogP contribution in [0.5, 0.6) is 0 Å². The fourth-order valence-electron chi connectivity index (χ4n) is 2.63. The molecule has 0 aliphatic carbocycles. The first-order valence-corrected chi connectivity index (χ1v) is 7.14. The summed E-state index contributed by atoms with van der Waals surface area (Å²) in [6, 6.07) is 3.50. The molecule has 8 heteroatoms. The lowest BCUT2D eigenvalue weighted by atomic mass is 10.2. The molecule has 1 aliphatic heterocycles. The van der Waals surface area contributed by atoms with Crippen LogP contribution in [0.15, 0.2) is 35.2 Å². The highest BCUT2D eigenvalue weighted by Crippen LogP contribution is 2.28. The van der Waals surface area contributed by atoms with Gasteiger partial charge in [0, 0.05) is 31.8 Å². The predicted octanol–water partition coefficient (Wildman–Crippen LogP) is 2.03. The van der Waals surface area contributed by atoms with E-state index >= 15 is 0 Å². The van der Waals surface area contributed by atoms with Crippen LogP contribution < -0.4 is 5.01 Å². The van der Waals surface area contributed by atoms with Crippen LogP contribution in [0.4, 0.5) is 5.69 Å². The number of hydrogen-bond donors (Lipinski definition) is 0. The average molecular weight is 318 g/mol. The van der Waals surface area contributed by atoms with Gasteiger partial charge in [-0.05, 0) is 0 Å². The van der Waals surface area contributed by atoms with Crippen LogP contribution in [0, 0.1) is 0 Å². The van der Waals surface area contributed by atoms with Gasteiger partial charge in [0.1, 0.15) is 5.76 Å². The zero-order valence-corrected chi connectivity index (χ0v) is 12.5. The van der Waals surface area contributed by atoms with E-state index in [2.05, 4.69) is 10.1 Å². The summed E-state index contributed by atoms with van der Waals surface area (Å²) in [6.07, 6.45) is 5.45. The van der Waals surface area contributed by atoms with E-state index in [1.165, 1.54) is 10.7 Å². The summed E-state index contributed by atoms with van der Waals surface area (Å²) in [7, 11) is 1.83. The van der Waals surface area contributed by atoms with Crippen molar-refractivity contribution in [3.63, 3.8) is 0 Å². The Morgan fingerprint density at radius 1 is 1.45 bits per heavy atom. The van der Waals surface area contributed by atoms with Gasteiger partial charge in [0.05, 0.1) is 29.7 Å². The molecule has 4 rings (SSSR count). The Balaban J connectivity index is 1.68. The minimum atomic E-state index is -0.184. The molecule has 0 bridgehead atoms. The summed E-state index contributed by atoms with van der Waals surface area (Å²) in [5.74, 6) is 0.700. The largest absolute Gasteiger partial charge is 0.467 e. The number of hydrazine groups is 1. The van der Waals surface area contributed by atoms with E-state index in [1.54, 1.807) is 28.5 Å². The van der Waals surface area contributed by atoms with Gasteiger partial charge in [0.25, 0.3) is 5.91 Å². The fourth-order valence-corrected chi connectivity index (χ4v) is 2.77. The number of fused-ring (bicyclic) bond motifs is 2. The molecule has 22 heavy (non-hydrogen) atoms. The van der Waals surface area contributed by atoms with Crippen LogP contribution in [0.25, 0.3) is 5.65 Å². The van der Waals surface area contributed by atoms with Gasteiger partial charge in [0.2, 0.25) is 0 Å². The molecule has 0 saturated carbocycles. The molecule has 0 N–H and O–H groups in total. The van der Waals surface area contributed by atoms with Gasteiger partial charge < -0.3 is 4.42 Å². The zero-order valence-electron chi connectivity index (χ0n) is 11.7. The van der Waals surface area contributed by atoms with E-state index in [1.807, 2.05) is 13.1 Å². The minimum absolute atomic E-state index is 0.184. The van der Waals surface area contributed by atoms with Crippen LogP contribution in [0.2, 0.25) is 5.02 Å². The van der Waals surface area contributed by atoms with Gasteiger partial charge in [-0.3, -0.25) is 9.80 Å². The zero-order chi connectivity index (χ0) is 15.3. The van der Waals surface area contributed by atoms with Crippen molar-refractivity contribution < 1.29 is 9.21 Å². The van der Waals surface area contributed by atoms with Gasteiger partial charge in [-0.1, -0.05) is 11.6 Å². The molecule has 0 atom stereocenters. The highest BCUT2D eigenvalue weighted by molar-refractivity contribution is 6.30. The van der Waals surface area contributed by atoms with Crippen molar-refractivity contribution in [2.45, 2.75) is 6.42 Å². The standard InChI is InChI=1S/C14H12ClN5O2/c1-18-11-3-5-22-12(11)2-4-20(18)14(21)10-6-13-16-7-9(15)8-19(13)17-10/h3,5-8H,2,4H2,1H3. The quantitative estimate of drug-likeness (QED) is 0.687. The maximum absolute atomic E-state index is 12.7. The molecule has 0 aromatic carbocycles. The topological polar surface area (TPSA) is 66.9 Å². The SMILES string of the molecule is CN1c2ccoc2CCN1C(=O)c1cc2ncc(Cl)cn2n1. The number of aromatic nitrogens is 3. The fraction of sp³-hybridized carbons (Fsp3) is 0.214. The van der Waals surface area contributed by atoms with Gasteiger partial charge in [-0.25, -0.2) is 14.5 Å². The van der Waals surface area contributed by atoms with Crippen molar-refractivity contribution >= 4 is 28.8 Å². The summed E-state index contributed by atoms with van der Waals surface area (Å²) in [4.78, 5) is 16.9. The summed E-state index contributed by atoms with van der Waals surface area (Å²) < 4.78 is 6.90. The smallest absolute Gasteiger partial charge is 0.292 e. The Kier molecular flexibility index (Phi) is 2.83. The highest BCUT2D eigenvalue weighted by Gasteiger charge is 2.29. The highest BCUT2D eigenvalue weighted by atomic mass is 35.5. The van der Waals surface area contributed by atoms with Crippen molar-refractivity contribution in [3.8, 4) is 0 Å². The van der Waals surface area contributed by atoms with Gasteiger partial charge in [-0.2, -0.15) is 5.10 Å². The first-order valence-electron chi connectivity index (χ1n) is 6.76. The summed E-state index contributed by atoms with van der Waals surface area (Å²) in [6.45, 7) is 0.540. The maximum Gasteiger partial charge on any atom is 0.292 e. The van der Waals surface area contributed by atoms with Crippen LogP contribution in [-0.2, 0) is 6.42 Å². The van der Waals surface area contributed by atoms with Crippen molar-refractivity contribution in [3.05, 3.63) is 47.3 Å². The lowest BCUT2D eigenvalue weighted by Crippen LogP contribution is -2.48.